The molecule has 1 saturated carbocycles. The maximum atomic E-state index is 14.0. The van der Waals surface area contributed by atoms with E-state index in [1.807, 2.05) is 23.6 Å². The Labute approximate surface area is 177 Å². The number of carbonyl (C=O) groups is 2. The second-order valence-electron chi connectivity index (χ2n) is 7.69. The molecule has 1 fully saturated rings. The topological polar surface area (TPSA) is 62.3 Å². The van der Waals surface area contributed by atoms with Crippen LogP contribution in [-0.4, -0.2) is 23.3 Å². The van der Waals surface area contributed by atoms with Crippen molar-refractivity contribution >= 4 is 34.0 Å². The lowest BCUT2D eigenvalue weighted by Gasteiger charge is -2.23. The van der Waals surface area contributed by atoms with Crippen LogP contribution in [0.2, 0.25) is 0 Å². The molecule has 5 rings (SSSR count). The summed E-state index contributed by atoms with van der Waals surface area (Å²) in [4.78, 5) is 31.1. The summed E-state index contributed by atoms with van der Waals surface area (Å²) >= 11 is 1.41. The summed E-state index contributed by atoms with van der Waals surface area (Å²) in [6, 6.07) is 11.9. The Kier molecular flexibility index (Phi) is 4.83. The first-order valence-electron chi connectivity index (χ1n) is 10.1. The smallest absolute Gasteiger partial charge is 0.261 e. The maximum Gasteiger partial charge on any atom is 0.261 e. The van der Waals surface area contributed by atoms with Gasteiger partial charge in [-0.15, -0.1) is 11.3 Å². The number of hydrogen-bond acceptors (Lipinski definition) is 4. The molecule has 152 valence electrons. The van der Waals surface area contributed by atoms with Crippen molar-refractivity contribution in [2.75, 3.05) is 16.8 Å². The van der Waals surface area contributed by atoms with Gasteiger partial charge in [0.1, 0.15) is 5.82 Å². The molecule has 0 bridgehead atoms. The second-order valence-corrected chi connectivity index (χ2v) is 8.54. The highest BCUT2D eigenvalue weighted by Crippen LogP contribution is 2.35. The van der Waals surface area contributed by atoms with Gasteiger partial charge >= 0.3 is 0 Å². The Balaban J connectivity index is 1.35. The van der Waals surface area contributed by atoms with Crippen LogP contribution in [0.15, 0.2) is 47.8 Å². The molecule has 0 radical (unpaired) electrons. The molecule has 30 heavy (non-hydrogen) atoms. The van der Waals surface area contributed by atoms with E-state index < -0.39 is 5.82 Å². The molecular formula is C23H20FN3O2S. The molecule has 1 aliphatic carbocycles. The molecule has 1 N–H and O–H groups in total. The van der Waals surface area contributed by atoms with Gasteiger partial charge in [0.2, 0.25) is 5.91 Å². The van der Waals surface area contributed by atoms with Gasteiger partial charge in [0.15, 0.2) is 5.13 Å². The van der Waals surface area contributed by atoms with Crippen LogP contribution in [0.4, 0.5) is 15.2 Å². The van der Waals surface area contributed by atoms with E-state index in [0.29, 0.717) is 18.1 Å². The largest absolute Gasteiger partial charge is 0.308 e. The highest BCUT2D eigenvalue weighted by Gasteiger charge is 2.28. The lowest BCUT2D eigenvalue weighted by Crippen LogP contribution is -2.29. The summed E-state index contributed by atoms with van der Waals surface area (Å²) < 4.78 is 14.0. The molecule has 0 saturated heterocycles. The Morgan fingerprint density at radius 2 is 2.00 bits per heavy atom. The van der Waals surface area contributed by atoms with Crippen molar-refractivity contribution in [3.63, 3.8) is 0 Å². The average Bonchev–Trinajstić information content (AvgIpc) is 3.33. The summed E-state index contributed by atoms with van der Waals surface area (Å²) in [6.45, 7) is 0.520. The molecule has 7 heteroatoms. The monoisotopic (exact) mass is 421 g/mol. The zero-order chi connectivity index (χ0) is 20.7. The first kappa shape index (κ1) is 18.9. The molecule has 1 aromatic heterocycles. The van der Waals surface area contributed by atoms with Crippen molar-refractivity contribution in [3.05, 3.63) is 64.8 Å². The number of rotatable bonds is 4. The SMILES string of the molecule is O=C(Nc1nc(-c2ccc3c(c2)CCN3C(=O)c2ccccc2F)cs1)C1CCC1. The van der Waals surface area contributed by atoms with Crippen molar-refractivity contribution in [3.8, 4) is 11.3 Å². The summed E-state index contributed by atoms with van der Waals surface area (Å²) in [5.74, 6) is -0.658. The fourth-order valence-corrected chi connectivity index (χ4v) is 4.62. The van der Waals surface area contributed by atoms with Gasteiger partial charge in [0.25, 0.3) is 5.91 Å². The van der Waals surface area contributed by atoms with E-state index in [0.717, 1.165) is 41.8 Å². The van der Waals surface area contributed by atoms with Crippen LogP contribution in [0.5, 0.6) is 0 Å². The van der Waals surface area contributed by atoms with Crippen LogP contribution in [0, 0.1) is 11.7 Å². The van der Waals surface area contributed by atoms with E-state index in [4.69, 9.17) is 0 Å². The molecule has 3 aromatic rings. The molecule has 0 unspecified atom stereocenters. The number of anilines is 2. The summed E-state index contributed by atoms with van der Waals surface area (Å²) in [6.07, 6.45) is 3.74. The van der Waals surface area contributed by atoms with Crippen LogP contribution in [0.25, 0.3) is 11.3 Å². The maximum absolute atomic E-state index is 14.0. The minimum atomic E-state index is -0.508. The highest BCUT2D eigenvalue weighted by atomic mass is 32.1. The minimum Gasteiger partial charge on any atom is -0.308 e. The number of fused-ring (bicyclic) bond motifs is 1. The highest BCUT2D eigenvalue weighted by molar-refractivity contribution is 7.14. The second kappa shape index (κ2) is 7.65. The predicted molar refractivity (Wildman–Crippen MR) is 115 cm³/mol. The first-order valence-corrected chi connectivity index (χ1v) is 10.9. The molecule has 2 aliphatic rings. The zero-order valence-electron chi connectivity index (χ0n) is 16.2. The van der Waals surface area contributed by atoms with Gasteiger partial charge in [-0.05, 0) is 49.1 Å². The van der Waals surface area contributed by atoms with E-state index in [1.54, 1.807) is 17.0 Å². The van der Waals surface area contributed by atoms with Crippen LogP contribution in [-0.2, 0) is 11.2 Å². The van der Waals surface area contributed by atoms with E-state index in [9.17, 15) is 14.0 Å². The van der Waals surface area contributed by atoms with Crippen molar-refractivity contribution in [1.29, 1.82) is 0 Å². The van der Waals surface area contributed by atoms with Gasteiger partial charge < -0.3 is 10.2 Å². The number of aromatic nitrogens is 1. The third-order valence-corrected chi connectivity index (χ3v) is 6.59. The van der Waals surface area contributed by atoms with Crippen LogP contribution in [0.3, 0.4) is 0 Å². The lowest BCUT2D eigenvalue weighted by molar-refractivity contribution is -0.122. The average molecular weight is 421 g/mol. The van der Waals surface area contributed by atoms with E-state index in [-0.39, 0.29) is 23.3 Å². The third kappa shape index (κ3) is 3.39. The fourth-order valence-electron chi connectivity index (χ4n) is 3.89. The Morgan fingerprint density at radius 1 is 1.17 bits per heavy atom. The van der Waals surface area contributed by atoms with E-state index in [2.05, 4.69) is 10.3 Å². The Hall–Kier alpha value is -3.06. The zero-order valence-corrected chi connectivity index (χ0v) is 17.0. The summed E-state index contributed by atoms with van der Waals surface area (Å²) in [5.41, 5.74) is 3.66. The van der Waals surface area contributed by atoms with Gasteiger partial charge in [-0.1, -0.05) is 24.6 Å². The van der Waals surface area contributed by atoms with Gasteiger partial charge in [0.05, 0.1) is 11.3 Å². The van der Waals surface area contributed by atoms with Crippen molar-refractivity contribution in [1.82, 2.24) is 4.98 Å². The van der Waals surface area contributed by atoms with Crippen LogP contribution >= 0.6 is 11.3 Å². The van der Waals surface area contributed by atoms with Crippen LogP contribution in [0.1, 0.15) is 35.2 Å². The quantitative estimate of drug-likeness (QED) is 0.652. The number of nitrogens with one attached hydrogen (secondary N) is 1. The van der Waals surface area contributed by atoms with Crippen molar-refractivity contribution in [2.24, 2.45) is 5.92 Å². The summed E-state index contributed by atoms with van der Waals surface area (Å²) in [5, 5.41) is 5.45. The number of thiazole rings is 1. The number of carbonyl (C=O) groups excluding carboxylic acids is 2. The van der Waals surface area contributed by atoms with E-state index >= 15 is 0 Å². The van der Waals surface area contributed by atoms with Gasteiger partial charge in [-0.3, -0.25) is 9.59 Å². The molecule has 2 heterocycles. The van der Waals surface area contributed by atoms with Gasteiger partial charge in [0, 0.05) is 29.1 Å². The lowest BCUT2D eigenvalue weighted by atomic mass is 9.85. The van der Waals surface area contributed by atoms with Gasteiger partial charge in [-0.25, -0.2) is 9.37 Å². The van der Waals surface area contributed by atoms with Crippen molar-refractivity contribution < 1.29 is 14.0 Å². The first-order chi connectivity index (χ1) is 14.6. The number of hydrogen-bond donors (Lipinski definition) is 1. The van der Waals surface area contributed by atoms with Crippen molar-refractivity contribution in [2.45, 2.75) is 25.7 Å². The molecular weight excluding hydrogens is 401 g/mol. The van der Waals surface area contributed by atoms with E-state index in [1.165, 1.54) is 23.5 Å². The minimum absolute atomic E-state index is 0.0541. The number of benzene rings is 2. The summed E-state index contributed by atoms with van der Waals surface area (Å²) in [7, 11) is 0. The molecule has 0 atom stereocenters. The van der Waals surface area contributed by atoms with Crippen LogP contribution < -0.4 is 10.2 Å². The Bertz CT molecular complexity index is 1140. The Morgan fingerprint density at radius 3 is 2.77 bits per heavy atom. The fraction of sp³-hybridized carbons (Fsp3) is 0.261. The molecule has 2 aromatic carbocycles. The van der Waals surface area contributed by atoms with Gasteiger partial charge in [-0.2, -0.15) is 0 Å². The third-order valence-electron chi connectivity index (χ3n) is 5.83. The molecule has 5 nitrogen and oxygen atoms in total. The molecule has 2 amide bonds. The normalized spacial score (nSPS) is 15.6. The number of amides is 2. The number of halogens is 1. The predicted octanol–water partition coefficient (Wildman–Crippen LogP) is 4.89. The standard InChI is InChI=1S/C23H20FN3O2S/c24-18-7-2-1-6-17(18)22(29)27-11-10-16-12-15(8-9-20(16)27)19-13-30-23(25-19)26-21(28)14-4-3-5-14/h1-2,6-9,12-14H,3-5,10-11H2,(H,25,26,28). The number of nitrogens with zero attached hydrogens (tertiary/aromatic N) is 2. The molecule has 1 aliphatic heterocycles. The molecule has 0 spiro atoms.